The number of imidazole rings is 1. The molecule has 0 bridgehead atoms. The number of nitrogens with one attached hydrogen (secondary N) is 1. The van der Waals surface area contributed by atoms with Crippen LogP contribution in [0.2, 0.25) is 0 Å². The van der Waals surface area contributed by atoms with Gasteiger partial charge in [0.1, 0.15) is 24.8 Å². The third-order valence-corrected chi connectivity index (χ3v) is 7.32. The van der Waals surface area contributed by atoms with Crippen molar-refractivity contribution in [1.29, 1.82) is 0 Å². The second kappa shape index (κ2) is 11.1. The van der Waals surface area contributed by atoms with Gasteiger partial charge in [-0.05, 0) is 32.0 Å². The van der Waals surface area contributed by atoms with E-state index in [1.165, 1.54) is 38.0 Å². The summed E-state index contributed by atoms with van der Waals surface area (Å²) in [6.07, 6.45) is 0.263. The number of alkyl halides is 1. The summed E-state index contributed by atoms with van der Waals surface area (Å²) in [5.74, 6) is -0.183. The van der Waals surface area contributed by atoms with Crippen molar-refractivity contribution in [2.75, 3.05) is 19.0 Å². The van der Waals surface area contributed by atoms with E-state index in [1.54, 1.807) is 37.4 Å². The molecule has 214 valence electrons. The molecular weight excluding hydrogens is 533 g/mol. The van der Waals surface area contributed by atoms with E-state index < -0.39 is 35.5 Å². The number of anilines is 1. The van der Waals surface area contributed by atoms with E-state index >= 15 is 4.39 Å². The Morgan fingerprint density at radius 2 is 1.80 bits per heavy atom. The first-order chi connectivity index (χ1) is 19.7. The molecule has 11 nitrogen and oxygen atoms in total. The molecule has 4 atom stereocenters. The van der Waals surface area contributed by atoms with Crippen molar-refractivity contribution in [2.24, 2.45) is 0 Å². The molecule has 1 aliphatic heterocycles. The third-order valence-electron chi connectivity index (χ3n) is 7.32. The molecule has 41 heavy (non-hydrogen) atoms. The lowest BCUT2D eigenvalue weighted by atomic mass is 9.84. The quantitative estimate of drug-likeness (QED) is 0.295. The Morgan fingerprint density at radius 1 is 1.07 bits per heavy atom. The summed E-state index contributed by atoms with van der Waals surface area (Å²) < 4.78 is 40.7. The number of benzene rings is 2. The molecule has 4 aromatic rings. The van der Waals surface area contributed by atoms with Crippen molar-refractivity contribution in [3.63, 3.8) is 0 Å². The van der Waals surface area contributed by atoms with Crippen molar-refractivity contribution in [3.8, 4) is 5.75 Å². The molecule has 3 heterocycles. The van der Waals surface area contributed by atoms with E-state index in [2.05, 4.69) is 20.3 Å². The van der Waals surface area contributed by atoms with Crippen molar-refractivity contribution in [2.45, 2.75) is 50.9 Å². The number of aromatic nitrogens is 4. The van der Waals surface area contributed by atoms with Gasteiger partial charge in [0.05, 0.1) is 19.0 Å². The predicted molar refractivity (Wildman–Crippen MR) is 146 cm³/mol. The molecular formula is C29H30FN5O6. The minimum atomic E-state index is -2.29. The molecule has 0 aliphatic carbocycles. The second-order valence-corrected chi connectivity index (χ2v) is 9.93. The van der Waals surface area contributed by atoms with Gasteiger partial charge < -0.3 is 24.3 Å². The van der Waals surface area contributed by atoms with Gasteiger partial charge in [0.25, 0.3) is 0 Å². The molecule has 0 radical (unpaired) electrons. The van der Waals surface area contributed by atoms with Crippen molar-refractivity contribution >= 4 is 28.9 Å². The molecule has 2 aromatic heterocycles. The lowest BCUT2D eigenvalue weighted by Gasteiger charge is -2.36. The number of carbonyl (C=O) groups excluding carboxylic acids is 2. The van der Waals surface area contributed by atoms with E-state index in [-0.39, 0.29) is 6.61 Å². The number of esters is 2. The summed E-state index contributed by atoms with van der Waals surface area (Å²) in [4.78, 5) is 37.8. The highest BCUT2D eigenvalue weighted by atomic mass is 19.1. The average molecular weight is 564 g/mol. The number of nitrogens with zero attached hydrogens (tertiary/aromatic N) is 4. The topological polar surface area (TPSA) is 127 Å². The maximum atomic E-state index is 16.8. The molecule has 1 aliphatic rings. The number of hydrogen-bond donors (Lipinski definition) is 1. The molecule has 0 amide bonds. The normalized spacial score (nSPS) is 23.7. The van der Waals surface area contributed by atoms with Crippen LogP contribution in [0.4, 0.5) is 10.2 Å². The maximum absolute atomic E-state index is 16.8. The van der Waals surface area contributed by atoms with E-state index in [1.807, 2.05) is 24.3 Å². The summed E-state index contributed by atoms with van der Waals surface area (Å²) in [5, 5.41) is 3.23. The number of carbonyl (C=O) groups is 2. The smallest absolute Gasteiger partial charge is 0.338 e. The van der Waals surface area contributed by atoms with Crippen LogP contribution in [0, 0.1) is 0 Å². The number of fused-ring (bicyclic) bond motifs is 1. The van der Waals surface area contributed by atoms with Crippen LogP contribution in [0.15, 0.2) is 67.3 Å². The summed E-state index contributed by atoms with van der Waals surface area (Å²) in [5.41, 5.74) is -2.19. The van der Waals surface area contributed by atoms with Crippen molar-refractivity contribution in [3.05, 3.63) is 78.4 Å². The maximum Gasteiger partial charge on any atom is 0.338 e. The number of halogens is 1. The molecule has 0 unspecified atom stereocenters. The second-order valence-electron chi connectivity index (χ2n) is 9.93. The van der Waals surface area contributed by atoms with Crippen LogP contribution in [0.1, 0.15) is 42.9 Å². The zero-order valence-corrected chi connectivity index (χ0v) is 23.0. The molecule has 1 N–H and O–H groups in total. The van der Waals surface area contributed by atoms with Crippen LogP contribution in [-0.4, -0.2) is 62.5 Å². The number of methoxy groups -OCH3 is 1. The SMILES string of the molecule is COc1ccccc1CNc1ncnc2c1ncn2[C@H]1O[C@H](COC(=O)c2ccccc2)[C@@](C)(OC(C)=O)[C@@]1(C)F. The largest absolute Gasteiger partial charge is 0.496 e. The Balaban J connectivity index is 1.43. The highest BCUT2D eigenvalue weighted by Crippen LogP contribution is 2.51. The monoisotopic (exact) mass is 563 g/mol. The lowest BCUT2D eigenvalue weighted by Crippen LogP contribution is -2.55. The zero-order valence-electron chi connectivity index (χ0n) is 23.0. The standard InChI is InChI=1S/C29H30FN5O6/c1-18(36)41-29(3)22(15-39-26(37)19-10-6-5-7-11-19)40-27(28(29,2)30)35-17-34-23-24(32-16-33-25(23)35)31-14-20-12-8-9-13-21(20)38-4/h5-13,16-17,22,27H,14-15H2,1-4H3,(H,31,32,33)/t22-,27+,28+,29-/m1/s1. The third kappa shape index (κ3) is 5.18. The number of para-hydroxylation sites is 1. The van der Waals surface area contributed by atoms with Crippen LogP contribution < -0.4 is 10.1 Å². The van der Waals surface area contributed by atoms with Crippen molar-refractivity contribution < 1.29 is 32.9 Å². The first-order valence-electron chi connectivity index (χ1n) is 12.9. The Kier molecular flexibility index (Phi) is 7.59. The summed E-state index contributed by atoms with van der Waals surface area (Å²) >= 11 is 0. The van der Waals surface area contributed by atoms with Gasteiger partial charge in [-0.2, -0.15) is 0 Å². The zero-order chi connectivity index (χ0) is 29.2. The van der Waals surface area contributed by atoms with Crippen LogP contribution >= 0.6 is 0 Å². The average Bonchev–Trinajstić information content (AvgIpc) is 3.47. The highest BCUT2D eigenvalue weighted by Gasteiger charge is 2.66. The van der Waals surface area contributed by atoms with Gasteiger partial charge in [-0.3, -0.25) is 9.36 Å². The van der Waals surface area contributed by atoms with Gasteiger partial charge in [-0.25, -0.2) is 24.1 Å². The van der Waals surface area contributed by atoms with Gasteiger partial charge in [-0.15, -0.1) is 0 Å². The Labute approximate surface area is 235 Å². The first-order valence-corrected chi connectivity index (χ1v) is 12.9. The Bertz CT molecular complexity index is 1560. The Hall–Kier alpha value is -4.58. The lowest BCUT2D eigenvalue weighted by molar-refractivity contribution is -0.175. The van der Waals surface area contributed by atoms with E-state index in [0.29, 0.717) is 34.8 Å². The van der Waals surface area contributed by atoms with Gasteiger partial charge in [0, 0.05) is 19.0 Å². The fourth-order valence-electron chi connectivity index (χ4n) is 4.95. The molecule has 2 aromatic carbocycles. The van der Waals surface area contributed by atoms with Gasteiger partial charge in [0.15, 0.2) is 34.5 Å². The highest BCUT2D eigenvalue weighted by molar-refractivity contribution is 5.89. The fourth-order valence-corrected chi connectivity index (χ4v) is 4.95. The van der Waals surface area contributed by atoms with Crippen LogP contribution in [-0.2, 0) is 25.5 Å². The van der Waals surface area contributed by atoms with Crippen LogP contribution in [0.3, 0.4) is 0 Å². The van der Waals surface area contributed by atoms with Gasteiger partial charge in [0.2, 0.25) is 0 Å². The van der Waals surface area contributed by atoms with Crippen LogP contribution in [0.5, 0.6) is 5.75 Å². The molecule has 1 fully saturated rings. The Morgan fingerprint density at radius 3 is 2.54 bits per heavy atom. The number of rotatable bonds is 9. The molecule has 0 spiro atoms. The number of hydrogen-bond acceptors (Lipinski definition) is 10. The van der Waals surface area contributed by atoms with E-state index in [4.69, 9.17) is 18.9 Å². The molecule has 0 saturated carbocycles. The molecule has 1 saturated heterocycles. The fraction of sp³-hybridized carbons (Fsp3) is 0.345. The predicted octanol–water partition coefficient (Wildman–Crippen LogP) is 4.25. The van der Waals surface area contributed by atoms with Gasteiger partial charge in [-0.1, -0.05) is 36.4 Å². The summed E-state index contributed by atoms with van der Waals surface area (Å²) in [6.45, 7) is 3.91. The minimum Gasteiger partial charge on any atom is -0.496 e. The summed E-state index contributed by atoms with van der Waals surface area (Å²) in [7, 11) is 1.60. The minimum absolute atomic E-state index is 0.295. The van der Waals surface area contributed by atoms with Crippen LogP contribution in [0.25, 0.3) is 11.2 Å². The van der Waals surface area contributed by atoms with E-state index in [0.717, 1.165) is 5.56 Å². The number of ether oxygens (including phenoxy) is 4. The van der Waals surface area contributed by atoms with Crippen molar-refractivity contribution in [1.82, 2.24) is 19.5 Å². The molecule has 5 rings (SSSR count). The van der Waals surface area contributed by atoms with E-state index in [9.17, 15) is 9.59 Å². The van der Waals surface area contributed by atoms with Gasteiger partial charge >= 0.3 is 11.9 Å². The first kappa shape index (κ1) is 28.0. The summed E-state index contributed by atoms with van der Waals surface area (Å²) in [6, 6.07) is 15.9. The molecule has 12 heteroatoms.